The molecule has 1 aliphatic heterocycles. The number of nitriles is 1. The minimum absolute atomic E-state index is 0.406. The summed E-state index contributed by atoms with van der Waals surface area (Å²) < 4.78 is 0. The van der Waals surface area contributed by atoms with Crippen molar-refractivity contribution in [2.24, 2.45) is 5.92 Å². The topological polar surface area (TPSA) is 79.1 Å². The maximum Gasteiger partial charge on any atom is 0.104 e. The van der Waals surface area contributed by atoms with Gasteiger partial charge in [0.25, 0.3) is 0 Å². The summed E-state index contributed by atoms with van der Waals surface area (Å²) in [6.45, 7) is 4.21. The van der Waals surface area contributed by atoms with Crippen molar-refractivity contribution in [1.29, 1.82) is 5.26 Å². The van der Waals surface area contributed by atoms with E-state index < -0.39 is 0 Å². The van der Waals surface area contributed by atoms with E-state index in [0.29, 0.717) is 22.9 Å². The number of nitrogens with two attached hydrogens (primary N) is 2. The second-order valence-corrected chi connectivity index (χ2v) is 4.77. The zero-order valence-electron chi connectivity index (χ0n) is 10.1. The highest BCUT2D eigenvalue weighted by Gasteiger charge is 2.20. The summed E-state index contributed by atoms with van der Waals surface area (Å²) in [4.78, 5) is 2.24. The molecule has 0 radical (unpaired) electrons. The van der Waals surface area contributed by atoms with Gasteiger partial charge in [-0.15, -0.1) is 0 Å². The van der Waals surface area contributed by atoms with Crippen LogP contribution >= 0.6 is 0 Å². The van der Waals surface area contributed by atoms with Crippen LogP contribution in [0.2, 0.25) is 0 Å². The van der Waals surface area contributed by atoms with Gasteiger partial charge >= 0.3 is 0 Å². The molecule has 1 aliphatic rings. The summed E-state index contributed by atoms with van der Waals surface area (Å²) in [6.07, 6.45) is 2.42. The molecule has 17 heavy (non-hydrogen) atoms. The Labute approximate surface area is 102 Å². The molecule has 0 spiro atoms. The SMILES string of the molecule is CC1CCCN(c2ccc(N)c(N)c2C#N)C1. The summed E-state index contributed by atoms with van der Waals surface area (Å²) >= 11 is 0. The number of piperidine rings is 1. The van der Waals surface area contributed by atoms with Gasteiger partial charge in [0.2, 0.25) is 0 Å². The zero-order chi connectivity index (χ0) is 12.4. The molecular weight excluding hydrogens is 212 g/mol. The molecule has 0 saturated carbocycles. The van der Waals surface area contributed by atoms with Gasteiger partial charge in [0, 0.05) is 13.1 Å². The maximum atomic E-state index is 9.21. The van der Waals surface area contributed by atoms with Crippen LogP contribution in [0.3, 0.4) is 0 Å². The first-order valence-electron chi connectivity index (χ1n) is 5.96. The molecule has 1 heterocycles. The van der Waals surface area contributed by atoms with Gasteiger partial charge in [-0.05, 0) is 30.9 Å². The molecule has 0 bridgehead atoms. The minimum atomic E-state index is 0.406. The van der Waals surface area contributed by atoms with Crippen LogP contribution in [0.25, 0.3) is 0 Å². The number of rotatable bonds is 1. The fraction of sp³-hybridized carbons (Fsp3) is 0.462. The largest absolute Gasteiger partial charge is 0.397 e. The number of anilines is 3. The molecule has 2 rings (SSSR count). The van der Waals surface area contributed by atoms with Crippen LogP contribution in [-0.4, -0.2) is 13.1 Å². The lowest BCUT2D eigenvalue weighted by Crippen LogP contribution is -2.34. The Bertz CT molecular complexity index is 461. The number of benzene rings is 1. The molecule has 4 heteroatoms. The van der Waals surface area contributed by atoms with E-state index in [9.17, 15) is 5.26 Å². The summed E-state index contributed by atoms with van der Waals surface area (Å²) in [5, 5.41) is 9.21. The number of nitrogens with zero attached hydrogens (tertiary/aromatic N) is 2. The lowest BCUT2D eigenvalue weighted by atomic mass is 9.98. The predicted octanol–water partition coefficient (Wildman–Crippen LogP) is 1.96. The number of nitrogen functional groups attached to an aromatic ring is 2. The molecule has 4 N–H and O–H groups in total. The van der Waals surface area contributed by atoms with Crippen molar-refractivity contribution in [2.75, 3.05) is 29.5 Å². The Kier molecular flexibility index (Phi) is 3.10. The molecule has 0 aromatic heterocycles. The molecular formula is C13H18N4. The third-order valence-electron chi connectivity index (χ3n) is 3.37. The average molecular weight is 230 g/mol. The second-order valence-electron chi connectivity index (χ2n) is 4.77. The van der Waals surface area contributed by atoms with Crippen molar-refractivity contribution in [3.05, 3.63) is 17.7 Å². The molecule has 1 saturated heterocycles. The van der Waals surface area contributed by atoms with E-state index >= 15 is 0 Å². The van der Waals surface area contributed by atoms with Crippen molar-refractivity contribution < 1.29 is 0 Å². The summed E-state index contributed by atoms with van der Waals surface area (Å²) in [6, 6.07) is 5.86. The van der Waals surface area contributed by atoms with Crippen molar-refractivity contribution in [1.82, 2.24) is 0 Å². The Balaban J connectivity index is 2.38. The fourth-order valence-electron chi connectivity index (χ4n) is 2.41. The quantitative estimate of drug-likeness (QED) is 0.723. The standard InChI is InChI=1S/C13H18N4/c1-9-3-2-6-17(8-9)12-5-4-11(15)13(16)10(12)7-14/h4-5,9H,2-3,6,8,15-16H2,1H3. The van der Waals surface area contributed by atoms with Crippen molar-refractivity contribution in [2.45, 2.75) is 19.8 Å². The van der Waals surface area contributed by atoms with Crippen LogP contribution in [0.1, 0.15) is 25.3 Å². The number of hydrogen-bond donors (Lipinski definition) is 2. The summed E-state index contributed by atoms with van der Waals surface area (Å²) in [5.41, 5.74) is 13.9. The van der Waals surface area contributed by atoms with Gasteiger partial charge in [-0.3, -0.25) is 0 Å². The van der Waals surface area contributed by atoms with E-state index in [1.54, 1.807) is 6.07 Å². The first-order chi connectivity index (χ1) is 8.13. The van der Waals surface area contributed by atoms with Crippen LogP contribution in [0, 0.1) is 17.2 Å². The monoisotopic (exact) mass is 230 g/mol. The molecule has 0 amide bonds. The third-order valence-corrected chi connectivity index (χ3v) is 3.37. The Morgan fingerprint density at radius 1 is 1.41 bits per heavy atom. The van der Waals surface area contributed by atoms with E-state index in [0.717, 1.165) is 25.2 Å². The Morgan fingerprint density at radius 2 is 2.18 bits per heavy atom. The third kappa shape index (κ3) is 2.14. The van der Waals surface area contributed by atoms with Gasteiger partial charge in [0.15, 0.2) is 0 Å². The van der Waals surface area contributed by atoms with Crippen molar-refractivity contribution >= 4 is 17.1 Å². The van der Waals surface area contributed by atoms with Crippen LogP contribution in [0.5, 0.6) is 0 Å². The van der Waals surface area contributed by atoms with Crippen LogP contribution in [0.4, 0.5) is 17.1 Å². The Morgan fingerprint density at radius 3 is 2.82 bits per heavy atom. The highest BCUT2D eigenvalue weighted by atomic mass is 15.1. The molecule has 0 aliphatic carbocycles. The maximum absolute atomic E-state index is 9.21. The molecule has 1 atom stereocenters. The van der Waals surface area contributed by atoms with E-state index in [2.05, 4.69) is 17.9 Å². The van der Waals surface area contributed by atoms with Crippen molar-refractivity contribution in [3.8, 4) is 6.07 Å². The van der Waals surface area contributed by atoms with Gasteiger partial charge < -0.3 is 16.4 Å². The smallest absolute Gasteiger partial charge is 0.104 e. The van der Waals surface area contributed by atoms with Gasteiger partial charge in [0.05, 0.1) is 17.1 Å². The highest BCUT2D eigenvalue weighted by molar-refractivity contribution is 5.80. The molecule has 1 fully saturated rings. The first-order valence-corrected chi connectivity index (χ1v) is 5.96. The van der Waals surface area contributed by atoms with E-state index in [-0.39, 0.29) is 0 Å². The van der Waals surface area contributed by atoms with Gasteiger partial charge in [0.1, 0.15) is 11.6 Å². The highest BCUT2D eigenvalue weighted by Crippen LogP contribution is 2.32. The normalized spacial score (nSPS) is 20.0. The van der Waals surface area contributed by atoms with Gasteiger partial charge in [-0.25, -0.2) is 0 Å². The second kappa shape index (κ2) is 4.54. The number of hydrogen-bond acceptors (Lipinski definition) is 4. The Hall–Kier alpha value is -1.89. The van der Waals surface area contributed by atoms with Crippen LogP contribution < -0.4 is 16.4 Å². The average Bonchev–Trinajstić information content (AvgIpc) is 2.32. The minimum Gasteiger partial charge on any atom is -0.397 e. The van der Waals surface area contributed by atoms with Crippen LogP contribution in [0.15, 0.2) is 12.1 Å². The van der Waals surface area contributed by atoms with E-state index in [1.165, 1.54) is 6.42 Å². The molecule has 4 nitrogen and oxygen atoms in total. The zero-order valence-corrected chi connectivity index (χ0v) is 10.1. The van der Waals surface area contributed by atoms with Gasteiger partial charge in [-0.2, -0.15) is 5.26 Å². The van der Waals surface area contributed by atoms with Gasteiger partial charge in [-0.1, -0.05) is 6.92 Å². The fourth-order valence-corrected chi connectivity index (χ4v) is 2.41. The lowest BCUT2D eigenvalue weighted by Gasteiger charge is -2.33. The van der Waals surface area contributed by atoms with E-state index in [1.807, 2.05) is 6.07 Å². The molecule has 1 aromatic rings. The van der Waals surface area contributed by atoms with E-state index in [4.69, 9.17) is 11.5 Å². The molecule has 90 valence electrons. The summed E-state index contributed by atoms with van der Waals surface area (Å²) in [5.74, 6) is 0.661. The molecule has 1 unspecified atom stereocenters. The summed E-state index contributed by atoms with van der Waals surface area (Å²) in [7, 11) is 0. The predicted molar refractivity (Wildman–Crippen MR) is 70.6 cm³/mol. The lowest BCUT2D eigenvalue weighted by molar-refractivity contribution is 0.447. The first kappa shape index (κ1) is 11.6. The molecule has 1 aromatic carbocycles. The van der Waals surface area contributed by atoms with Crippen LogP contribution in [-0.2, 0) is 0 Å². The van der Waals surface area contributed by atoms with Crippen molar-refractivity contribution in [3.63, 3.8) is 0 Å².